The number of pyridine rings is 1. The molecule has 3 aromatic carbocycles. The summed E-state index contributed by atoms with van der Waals surface area (Å²) in [4.78, 5) is 41.6. The Morgan fingerprint density at radius 2 is 1.80 bits per heavy atom. The summed E-state index contributed by atoms with van der Waals surface area (Å²) in [6.07, 6.45) is 1.62. The highest BCUT2D eigenvalue weighted by Crippen LogP contribution is 2.48. The van der Waals surface area contributed by atoms with Gasteiger partial charge in [-0.3, -0.25) is 14.4 Å². The second-order valence-corrected chi connectivity index (χ2v) is 8.44. The minimum atomic E-state index is -0.649. The van der Waals surface area contributed by atoms with Gasteiger partial charge in [-0.05, 0) is 48.0 Å². The first-order valence-electron chi connectivity index (χ1n) is 11.1. The number of methoxy groups -OCH3 is 1. The summed E-state index contributed by atoms with van der Waals surface area (Å²) in [6.45, 7) is 0. The summed E-state index contributed by atoms with van der Waals surface area (Å²) in [6, 6.07) is 19.6. The lowest BCUT2D eigenvalue weighted by Gasteiger charge is -2.26. The predicted octanol–water partition coefficient (Wildman–Crippen LogP) is 4.59. The van der Waals surface area contributed by atoms with Crippen LogP contribution in [0.1, 0.15) is 39.4 Å². The van der Waals surface area contributed by atoms with Gasteiger partial charge in [0.1, 0.15) is 17.2 Å². The van der Waals surface area contributed by atoms with Gasteiger partial charge in [0.2, 0.25) is 5.78 Å². The van der Waals surface area contributed by atoms with Crippen LogP contribution in [0, 0.1) is 0 Å². The Kier molecular flexibility index (Phi) is 4.77. The van der Waals surface area contributed by atoms with E-state index in [0.717, 1.165) is 10.9 Å². The molecule has 7 heteroatoms. The molecule has 2 aliphatic heterocycles. The number of aromatic nitrogens is 1. The summed E-state index contributed by atoms with van der Waals surface area (Å²) < 4.78 is 16.9. The first-order chi connectivity index (χ1) is 17.0. The molecule has 2 aliphatic rings. The van der Waals surface area contributed by atoms with Gasteiger partial charge in [-0.25, -0.2) is 0 Å². The number of benzene rings is 3. The Bertz CT molecular complexity index is 1620. The number of hydrogen-bond donors (Lipinski definition) is 1. The van der Waals surface area contributed by atoms with E-state index in [1.165, 1.54) is 0 Å². The van der Waals surface area contributed by atoms with E-state index >= 15 is 0 Å². The fraction of sp³-hybridized carbons (Fsp3) is 0.107. The molecular weight excluding hydrogens is 446 g/mol. The molecule has 0 unspecified atom stereocenters. The molecule has 3 heterocycles. The van der Waals surface area contributed by atoms with Crippen molar-refractivity contribution in [2.75, 3.05) is 7.11 Å². The van der Waals surface area contributed by atoms with Crippen LogP contribution in [-0.4, -0.2) is 23.8 Å². The number of H-pyrrole nitrogens is 1. The lowest BCUT2D eigenvalue weighted by molar-refractivity contribution is -0.135. The van der Waals surface area contributed by atoms with E-state index in [1.54, 1.807) is 43.5 Å². The van der Waals surface area contributed by atoms with Crippen LogP contribution in [0.5, 0.6) is 17.2 Å². The van der Waals surface area contributed by atoms with Crippen molar-refractivity contribution < 1.29 is 23.8 Å². The molecular formula is C28H19NO6. The van der Waals surface area contributed by atoms with E-state index in [0.29, 0.717) is 33.7 Å². The molecule has 1 atom stereocenters. The second-order valence-electron chi connectivity index (χ2n) is 8.44. The van der Waals surface area contributed by atoms with E-state index in [2.05, 4.69) is 4.98 Å². The normalized spacial score (nSPS) is 17.6. The summed E-state index contributed by atoms with van der Waals surface area (Å²) in [5.41, 5.74) is 2.41. The number of hydrogen-bond acceptors (Lipinski definition) is 6. The third-order valence-corrected chi connectivity index (χ3v) is 6.33. The highest BCUT2D eigenvalue weighted by atomic mass is 16.5. The second kappa shape index (κ2) is 7.99. The quantitative estimate of drug-likeness (QED) is 0.270. The minimum absolute atomic E-state index is 0.0582. The molecule has 0 bridgehead atoms. The minimum Gasteiger partial charge on any atom is -0.497 e. The largest absolute Gasteiger partial charge is 0.497 e. The number of fused-ring (bicyclic) bond motifs is 4. The van der Waals surface area contributed by atoms with Crippen LogP contribution >= 0.6 is 0 Å². The number of allylic oxidation sites excluding steroid dienone is 1. The summed E-state index contributed by atoms with van der Waals surface area (Å²) in [5.74, 6) is 0.0407. The van der Waals surface area contributed by atoms with Crippen LogP contribution in [-0.2, 0) is 4.79 Å². The zero-order valence-electron chi connectivity index (χ0n) is 18.7. The average Bonchev–Trinajstić information content (AvgIpc) is 3.18. The molecule has 1 aromatic heterocycles. The zero-order chi connectivity index (χ0) is 24.1. The van der Waals surface area contributed by atoms with E-state index < -0.39 is 11.9 Å². The van der Waals surface area contributed by atoms with Gasteiger partial charge in [-0.1, -0.05) is 30.3 Å². The van der Waals surface area contributed by atoms with E-state index in [-0.39, 0.29) is 29.3 Å². The molecule has 6 rings (SSSR count). The average molecular weight is 465 g/mol. The van der Waals surface area contributed by atoms with E-state index in [4.69, 9.17) is 14.2 Å². The maximum atomic E-state index is 13.1. The smallest absolute Gasteiger partial charge is 0.312 e. The van der Waals surface area contributed by atoms with Gasteiger partial charge < -0.3 is 19.2 Å². The number of carbonyl (C=O) groups excluding carboxylic acids is 2. The van der Waals surface area contributed by atoms with Crippen molar-refractivity contribution in [3.8, 4) is 17.2 Å². The number of Topliss-reactive ketones (excluding diaryl/α,β-unsaturated/α-hetero) is 1. The van der Waals surface area contributed by atoms with Crippen LogP contribution in [0.3, 0.4) is 0 Å². The van der Waals surface area contributed by atoms with Gasteiger partial charge in [-0.15, -0.1) is 0 Å². The summed E-state index contributed by atoms with van der Waals surface area (Å²) in [7, 11) is 1.57. The predicted molar refractivity (Wildman–Crippen MR) is 129 cm³/mol. The molecule has 0 amide bonds. The third kappa shape index (κ3) is 3.49. The number of esters is 1. The van der Waals surface area contributed by atoms with Gasteiger partial charge in [0.25, 0.3) is 5.56 Å². The van der Waals surface area contributed by atoms with Crippen molar-refractivity contribution in [2.45, 2.75) is 12.3 Å². The highest BCUT2D eigenvalue weighted by Gasteiger charge is 2.39. The number of nitrogens with one attached hydrogen (secondary N) is 1. The van der Waals surface area contributed by atoms with Crippen molar-refractivity contribution >= 4 is 28.7 Å². The number of aromatic amines is 1. The molecule has 7 nitrogen and oxygen atoms in total. The van der Waals surface area contributed by atoms with Gasteiger partial charge in [0.05, 0.1) is 19.1 Å². The zero-order valence-corrected chi connectivity index (χ0v) is 18.7. The van der Waals surface area contributed by atoms with Crippen LogP contribution < -0.4 is 19.8 Å². The maximum absolute atomic E-state index is 13.1. The fourth-order valence-corrected chi connectivity index (χ4v) is 4.66. The molecule has 1 N–H and O–H groups in total. The Hall–Kier alpha value is -4.65. The number of carbonyl (C=O) groups is 2. The molecule has 0 spiro atoms. The summed E-state index contributed by atoms with van der Waals surface area (Å²) in [5, 5.41) is 0.758. The van der Waals surface area contributed by atoms with Crippen LogP contribution in [0.4, 0.5) is 0 Å². The number of ether oxygens (including phenoxy) is 3. The van der Waals surface area contributed by atoms with Gasteiger partial charge in [0.15, 0.2) is 5.76 Å². The van der Waals surface area contributed by atoms with Crippen molar-refractivity contribution in [3.05, 3.63) is 105 Å². The molecule has 0 fully saturated rings. The van der Waals surface area contributed by atoms with Crippen LogP contribution in [0.25, 0.3) is 17.0 Å². The van der Waals surface area contributed by atoms with Crippen LogP contribution in [0.15, 0.2) is 77.3 Å². The number of rotatable bonds is 3. The molecule has 0 saturated carbocycles. The van der Waals surface area contributed by atoms with E-state index in [1.807, 2.05) is 36.4 Å². The third-order valence-electron chi connectivity index (χ3n) is 6.33. The number of ketones is 1. The Morgan fingerprint density at radius 3 is 2.60 bits per heavy atom. The maximum Gasteiger partial charge on any atom is 0.312 e. The van der Waals surface area contributed by atoms with Crippen molar-refractivity contribution in [3.63, 3.8) is 0 Å². The standard InChI is InChI=1S/C28H19NO6/c1-33-17-7-9-21-16(12-17)13-20(28(32)29-21)19-14-24(30)34-22-10-8-18-26(31)23(35-27(18)25(19)22)11-15-5-3-2-4-6-15/h2-13,19H,14H2,1H3,(H,29,32)/b23-11+/t19-/m1/s1. The SMILES string of the molecule is COc1ccc2[nH]c(=O)c([C@H]3CC(=O)Oc4ccc5c(c43)O/C(=C/c3ccccc3)C5=O)cc2c1. The van der Waals surface area contributed by atoms with Gasteiger partial charge >= 0.3 is 5.97 Å². The molecule has 172 valence electrons. The van der Waals surface area contributed by atoms with Gasteiger partial charge in [0, 0.05) is 27.9 Å². The Morgan fingerprint density at radius 1 is 0.971 bits per heavy atom. The first kappa shape index (κ1) is 20.9. The van der Waals surface area contributed by atoms with E-state index in [9.17, 15) is 14.4 Å². The molecule has 0 saturated heterocycles. The lowest BCUT2D eigenvalue weighted by Crippen LogP contribution is -2.26. The van der Waals surface area contributed by atoms with Crippen molar-refractivity contribution in [2.24, 2.45) is 0 Å². The monoisotopic (exact) mass is 465 g/mol. The molecule has 0 aliphatic carbocycles. The lowest BCUT2D eigenvalue weighted by atomic mass is 9.85. The van der Waals surface area contributed by atoms with Crippen molar-refractivity contribution in [1.82, 2.24) is 4.98 Å². The fourth-order valence-electron chi connectivity index (χ4n) is 4.66. The van der Waals surface area contributed by atoms with Gasteiger partial charge in [-0.2, -0.15) is 0 Å². The molecule has 0 radical (unpaired) electrons. The molecule has 35 heavy (non-hydrogen) atoms. The van der Waals surface area contributed by atoms with Crippen molar-refractivity contribution in [1.29, 1.82) is 0 Å². The Balaban J connectivity index is 1.51. The highest BCUT2D eigenvalue weighted by molar-refractivity contribution is 6.15. The first-order valence-corrected chi connectivity index (χ1v) is 11.1. The molecule has 4 aromatic rings. The topological polar surface area (TPSA) is 94.7 Å². The van der Waals surface area contributed by atoms with Crippen LogP contribution in [0.2, 0.25) is 0 Å². The Labute approximate surface area is 199 Å². The summed E-state index contributed by atoms with van der Waals surface area (Å²) >= 11 is 0.